The monoisotopic (exact) mass is 371 g/mol. The number of fused-ring (bicyclic) bond motifs is 1. The summed E-state index contributed by atoms with van der Waals surface area (Å²) < 4.78 is 6.92. The summed E-state index contributed by atoms with van der Waals surface area (Å²) in [6, 6.07) is 4.32. The van der Waals surface area contributed by atoms with Crippen molar-refractivity contribution < 1.29 is 4.74 Å². The second-order valence-electron chi connectivity index (χ2n) is 4.90. The van der Waals surface area contributed by atoms with E-state index < -0.39 is 0 Å². The molecule has 5 heteroatoms. The van der Waals surface area contributed by atoms with Crippen LogP contribution in [0.2, 0.25) is 5.02 Å². The van der Waals surface area contributed by atoms with Crippen molar-refractivity contribution in [3.05, 3.63) is 48.6 Å². The lowest BCUT2D eigenvalue weighted by atomic mass is 10.0. The van der Waals surface area contributed by atoms with Gasteiger partial charge in [-0.3, -0.25) is 0 Å². The third kappa shape index (κ3) is 2.39. The highest BCUT2D eigenvalue weighted by Gasteiger charge is 2.26. The van der Waals surface area contributed by atoms with Gasteiger partial charge in [-0.2, -0.15) is 0 Å². The Morgan fingerprint density at radius 1 is 1.45 bits per heavy atom. The largest absolute Gasteiger partial charge is 0.493 e. The van der Waals surface area contributed by atoms with E-state index in [2.05, 4.69) is 38.8 Å². The quantitative estimate of drug-likeness (QED) is 0.842. The molecule has 0 saturated carbocycles. The molecule has 0 saturated heterocycles. The van der Waals surface area contributed by atoms with Crippen molar-refractivity contribution >= 4 is 38.9 Å². The van der Waals surface area contributed by atoms with E-state index in [-0.39, 0.29) is 6.04 Å². The molecule has 0 fully saturated rings. The van der Waals surface area contributed by atoms with Crippen LogP contribution < -0.4 is 10.1 Å². The second kappa shape index (κ2) is 5.68. The molecule has 1 aliphatic rings. The molecule has 2 aromatic rings. The highest BCUT2D eigenvalue weighted by atomic mass is 79.9. The van der Waals surface area contributed by atoms with E-state index in [9.17, 15) is 0 Å². The van der Waals surface area contributed by atoms with Crippen LogP contribution in [-0.2, 0) is 6.42 Å². The van der Waals surface area contributed by atoms with Crippen molar-refractivity contribution in [1.29, 1.82) is 0 Å². The smallest absolute Gasteiger partial charge is 0.127 e. The molecule has 1 N–H and O–H groups in total. The molecular formula is C15H15BrClNOS. The lowest BCUT2D eigenvalue weighted by molar-refractivity contribution is 0.351. The van der Waals surface area contributed by atoms with Crippen molar-refractivity contribution in [2.24, 2.45) is 0 Å². The van der Waals surface area contributed by atoms with Crippen molar-refractivity contribution in [2.45, 2.75) is 19.4 Å². The predicted molar refractivity (Wildman–Crippen MR) is 88.3 cm³/mol. The summed E-state index contributed by atoms with van der Waals surface area (Å²) in [4.78, 5) is 1.14. The normalized spacial score (nSPS) is 15.0. The molecule has 106 valence electrons. The highest BCUT2D eigenvalue weighted by Crippen LogP contribution is 2.42. The maximum atomic E-state index is 6.44. The summed E-state index contributed by atoms with van der Waals surface area (Å²) >= 11 is 11.7. The summed E-state index contributed by atoms with van der Waals surface area (Å²) in [6.45, 7) is 2.79. The molecule has 3 rings (SSSR count). The van der Waals surface area contributed by atoms with Crippen molar-refractivity contribution in [2.75, 3.05) is 13.7 Å². The van der Waals surface area contributed by atoms with Gasteiger partial charge in [-0.25, -0.2) is 0 Å². The van der Waals surface area contributed by atoms with E-state index in [1.54, 1.807) is 11.3 Å². The molecule has 2 heterocycles. The lowest BCUT2D eigenvalue weighted by Gasteiger charge is -2.19. The third-order valence-corrected chi connectivity index (χ3v) is 5.80. The molecule has 0 aliphatic carbocycles. The lowest BCUT2D eigenvalue weighted by Crippen LogP contribution is -2.17. The van der Waals surface area contributed by atoms with Gasteiger partial charge in [0.15, 0.2) is 0 Å². The summed E-state index contributed by atoms with van der Waals surface area (Å²) in [7, 11) is 1.96. The minimum atomic E-state index is 0.0607. The highest BCUT2D eigenvalue weighted by molar-refractivity contribution is 9.10. The van der Waals surface area contributed by atoms with Gasteiger partial charge in [0.25, 0.3) is 0 Å². The number of ether oxygens (including phenoxy) is 1. The fourth-order valence-electron chi connectivity index (χ4n) is 2.58. The molecule has 1 aliphatic heterocycles. The molecule has 1 aromatic heterocycles. The molecule has 1 atom stereocenters. The maximum Gasteiger partial charge on any atom is 0.127 e. The number of aryl methyl sites for hydroxylation is 1. The van der Waals surface area contributed by atoms with Crippen LogP contribution in [0.25, 0.3) is 0 Å². The van der Waals surface area contributed by atoms with Gasteiger partial charge in [-0.05, 0) is 42.6 Å². The van der Waals surface area contributed by atoms with Crippen LogP contribution >= 0.6 is 38.9 Å². The standard InChI is InChI=1S/C15H15BrClNOS/c1-8-7-20-15(12(8)17)13(18-2)11-6-10(16)5-9-3-4-19-14(9)11/h5-7,13,18H,3-4H2,1-2H3. The van der Waals surface area contributed by atoms with Crippen LogP contribution in [0.5, 0.6) is 5.75 Å². The average Bonchev–Trinajstić information content (AvgIpc) is 3.00. The van der Waals surface area contributed by atoms with Crippen molar-refractivity contribution in [3.63, 3.8) is 0 Å². The summed E-state index contributed by atoms with van der Waals surface area (Å²) in [6.07, 6.45) is 0.968. The Morgan fingerprint density at radius 3 is 2.90 bits per heavy atom. The van der Waals surface area contributed by atoms with Crippen LogP contribution in [0.4, 0.5) is 0 Å². The van der Waals surface area contributed by atoms with Crippen molar-refractivity contribution in [3.8, 4) is 5.75 Å². The summed E-state index contributed by atoms with van der Waals surface area (Å²) in [5.74, 6) is 1.01. The van der Waals surface area contributed by atoms with Crippen LogP contribution in [-0.4, -0.2) is 13.7 Å². The molecule has 0 bridgehead atoms. The van der Waals surface area contributed by atoms with Gasteiger partial charge in [0, 0.05) is 21.3 Å². The van der Waals surface area contributed by atoms with E-state index in [1.807, 2.05) is 14.0 Å². The predicted octanol–water partition coefficient (Wildman–Crippen LogP) is 4.72. The second-order valence-corrected chi connectivity index (χ2v) is 7.11. The molecule has 0 amide bonds. The molecular weight excluding hydrogens is 358 g/mol. The van der Waals surface area contributed by atoms with E-state index in [0.717, 1.165) is 44.3 Å². The van der Waals surface area contributed by atoms with Crippen molar-refractivity contribution in [1.82, 2.24) is 5.32 Å². The van der Waals surface area contributed by atoms with E-state index >= 15 is 0 Å². The first kappa shape index (κ1) is 14.4. The topological polar surface area (TPSA) is 21.3 Å². The molecule has 1 aromatic carbocycles. The van der Waals surface area contributed by atoms with Crippen LogP contribution in [0.3, 0.4) is 0 Å². The molecule has 1 unspecified atom stereocenters. The number of thiophene rings is 1. The Balaban J connectivity index is 2.13. The average molecular weight is 373 g/mol. The summed E-state index contributed by atoms with van der Waals surface area (Å²) in [5, 5.41) is 6.32. The zero-order chi connectivity index (χ0) is 14.3. The number of nitrogens with one attached hydrogen (secondary N) is 1. The van der Waals surface area contributed by atoms with Gasteiger partial charge in [0.2, 0.25) is 0 Å². The van der Waals surface area contributed by atoms with Gasteiger partial charge in [-0.15, -0.1) is 11.3 Å². The first-order chi connectivity index (χ1) is 9.61. The summed E-state index contributed by atoms with van der Waals surface area (Å²) in [5.41, 5.74) is 3.54. The number of rotatable bonds is 3. The SMILES string of the molecule is CNC(c1cc(Br)cc2c1OCC2)c1scc(C)c1Cl. The van der Waals surface area contributed by atoms with Gasteiger partial charge in [-0.1, -0.05) is 27.5 Å². The maximum absolute atomic E-state index is 6.44. The Morgan fingerprint density at radius 2 is 2.25 bits per heavy atom. The molecule has 2 nitrogen and oxygen atoms in total. The van der Waals surface area contributed by atoms with Crippen LogP contribution in [0.1, 0.15) is 27.6 Å². The Kier molecular flexibility index (Phi) is 4.09. The number of benzene rings is 1. The fourth-order valence-corrected chi connectivity index (χ4v) is 4.54. The number of hydrogen-bond donors (Lipinski definition) is 1. The first-order valence-corrected chi connectivity index (χ1v) is 8.52. The third-order valence-electron chi connectivity index (χ3n) is 3.56. The Hall–Kier alpha value is -0.550. The zero-order valence-electron chi connectivity index (χ0n) is 11.3. The van der Waals surface area contributed by atoms with Gasteiger partial charge in [0.05, 0.1) is 17.7 Å². The van der Waals surface area contributed by atoms with Crippen LogP contribution in [0, 0.1) is 6.92 Å². The zero-order valence-corrected chi connectivity index (χ0v) is 14.5. The van der Waals surface area contributed by atoms with E-state index in [4.69, 9.17) is 16.3 Å². The minimum absolute atomic E-state index is 0.0607. The molecule has 20 heavy (non-hydrogen) atoms. The van der Waals surface area contributed by atoms with Gasteiger partial charge < -0.3 is 10.1 Å². The van der Waals surface area contributed by atoms with Crippen LogP contribution in [0.15, 0.2) is 22.0 Å². The minimum Gasteiger partial charge on any atom is -0.493 e. The first-order valence-electron chi connectivity index (χ1n) is 6.47. The van der Waals surface area contributed by atoms with E-state index in [0.29, 0.717) is 0 Å². The Bertz CT molecular complexity index is 656. The molecule has 0 radical (unpaired) electrons. The van der Waals surface area contributed by atoms with Gasteiger partial charge >= 0.3 is 0 Å². The number of halogens is 2. The number of hydrogen-bond acceptors (Lipinski definition) is 3. The molecule has 0 spiro atoms. The fraction of sp³-hybridized carbons (Fsp3) is 0.333. The Labute approximate surface area is 136 Å². The van der Waals surface area contributed by atoms with E-state index in [1.165, 1.54) is 5.56 Å². The van der Waals surface area contributed by atoms with Gasteiger partial charge in [0.1, 0.15) is 5.75 Å².